The summed E-state index contributed by atoms with van der Waals surface area (Å²) in [5.74, 6) is 0.451. The first-order chi connectivity index (χ1) is 13.0. The minimum absolute atomic E-state index is 0.0484. The number of nitrogens with one attached hydrogen (secondary N) is 1. The fourth-order valence-electron chi connectivity index (χ4n) is 3.26. The Bertz CT molecular complexity index is 702. The molecule has 1 aliphatic rings. The Morgan fingerprint density at radius 3 is 2.36 bits per heavy atom. The molecule has 1 aromatic carbocycles. The van der Waals surface area contributed by atoms with Gasteiger partial charge < -0.3 is 15.1 Å². The van der Waals surface area contributed by atoms with Gasteiger partial charge >= 0.3 is 0 Å². The van der Waals surface area contributed by atoms with Crippen molar-refractivity contribution in [3.8, 4) is 0 Å². The monoisotopic (exact) mass is 387 g/mol. The highest BCUT2D eigenvalue weighted by Crippen LogP contribution is 2.32. The molecule has 1 aliphatic carbocycles. The van der Waals surface area contributed by atoms with Gasteiger partial charge in [-0.15, -0.1) is 0 Å². The standard InChI is InChI=1S/C23H37N3O2/c1-8-16(2)26(21(27)14-23(3,4)5)15-18-13-19(11-12-20(18)25(6)7)24-22(28)17-9-10-17/h11-13,16-17H,8-10,14-15H2,1-7H3,(H,24,28)/t16-/m0/s1. The van der Waals surface area contributed by atoms with E-state index in [9.17, 15) is 9.59 Å². The quantitative estimate of drug-likeness (QED) is 0.705. The van der Waals surface area contributed by atoms with E-state index in [1.807, 2.05) is 37.2 Å². The molecule has 0 radical (unpaired) electrons. The van der Waals surface area contributed by atoms with Crippen LogP contribution in [0.3, 0.4) is 0 Å². The minimum Gasteiger partial charge on any atom is -0.377 e. The number of hydrogen-bond donors (Lipinski definition) is 1. The average molecular weight is 388 g/mol. The van der Waals surface area contributed by atoms with Crippen LogP contribution in [-0.2, 0) is 16.1 Å². The SMILES string of the molecule is CC[C@H](C)N(Cc1cc(NC(=O)C2CC2)ccc1N(C)C)C(=O)CC(C)(C)C. The van der Waals surface area contributed by atoms with E-state index in [0.29, 0.717) is 13.0 Å². The summed E-state index contributed by atoms with van der Waals surface area (Å²) >= 11 is 0. The van der Waals surface area contributed by atoms with Crippen LogP contribution in [0, 0.1) is 11.3 Å². The van der Waals surface area contributed by atoms with E-state index in [0.717, 1.165) is 36.2 Å². The molecule has 0 spiro atoms. The van der Waals surface area contributed by atoms with Gasteiger partial charge in [0, 0.05) is 50.4 Å². The number of benzene rings is 1. The Balaban J connectivity index is 2.29. The molecule has 1 saturated carbocycles. The van der Waals surface area contributed by atoms with Crippen LogP contribution in [0.5, 0.6) is 0 Å². The van der Waals surface area contributed by atoms with Crippen molar-refractivity contribution in [1.82, 2.24) is 4.90 Å². The zero-order chi connectivity index (χ0) is 21.1. The molecule has 156 valence electrons. The zero-order valence-electron chi connectivity index (χ0n) is 18.6. The second-order valence-corrected chi connectivity index (χ2v) is 9.52. The molecule has 1 fully saturated rings. The fraction of sp³-hybridized carbons (Fsp3) is 0.652. The molecule has 1 N–H and O–H groups in total. The van der Waals surface area contributed by atoms with Crippen LogP contribution in [-0.4, -0.2) is 36.9 Å². The summed E-state index contributed by atoms with van der Waals surface area (Å²) in [6, 6.07) is 6.16. The first-order valence-corrected chi connectivity index (χ1v) is 10.4. The summed E-state index contributed by atoms with van der Waals surface area (Å²) in [5.41, 5.74) is 2.89. The predicted molar refractivity (Wildman–Crippen MR) is 116 cm³/mol. The Hall–Kier alpha value is -2.04. The van der Waals surface area contributed by atoms with E-state index in [1.165, 1.54) is 0 Å². The number of anilines is 2. The van der Waals surface area contributed by atoms with E-state index in [1.54, 1.807) is 0 Å². The van der Waals surface area contributed by atoms with Crippen LogP contribution < -0.4 is 10.2 Å². The normalized spacial score (nSPS) is 15.1. The van der Waals surface area contributed by atoms with Crippen LogP contribution in [0.25, 0.3) is 0 Å². The van der Waals surface area contributed by atoms with Crippen molar-refractivity contribution >= 4 is 23.2 Å². The van der Waals surface area contributed by atoms with Gasteiger partial charge in [0.1, 0.15) is 0 Å². The molecule has 5 heteroatoms. The van der Waals surface area contributed by atoms with Crippen molar-refractivity contribution in [2.24, 2.45) is 11.3 Å². The zero-order valence-corrected chi connectivity index (χ0v) is 18.6. The summed E-state index contributed by atoms with van der Waals surface area (Å²) in [7, 11) is 4.01. The van der Waals surface area contributed by atoms with Gasteiger partial charge in [-0.05, 0) is 55.4 Å². The molecule has 1 atom stereocenters. The molecule has 0 heterocycles. The lowest BCUT2D eigenvalue weighted by atomic mass is 9.91. The number of carbonyl (C=O) groups is 2. The highest BCUT2D eigenvalue weighted by Gasteiger charge is 2.30. The number of hydrogen-bond acceptors (Lipinski definition) is 3. The predicted octanol–water partition coefficient (Wildman–Crippen LogP) is 4.66. The highest BCUT2D eigenvalue weighted by atomic mass is 16.2. The molecular formula is C23H37N3O2. The van der Waals surface area contributed by atoms with Crippen LogP contribution >= 0.6 is 0 Å². The first kappa shape index (κ1) is 22.3. The molecule has 0 bridgehead atoms. The van der Waals surface area contributed by atoms with E-state index in [2.05, 4.69) is 44.8 Å². The van der Waals surface area contributed by atoms with Gasteiger partial charge in [0.05, 0.1) is 0 Å². The Morgan fingerprint density at radius 1 is 1.21 bits per heavy atom. The largest absolute Gasteiger partial charge is 0.377 e. The number of nitrogens with zero attached hydrogens (tertiary/aromatic N) is 2. The molecular weight excluding hydrogens is 350 g/mol. The van der Waals surface area contributed by atoms with Crippen molar-refractivity contribution in [2.75, 3.05) is 24.3 Å². The Morgan fingerprint density at radius 2 is 1.86 bits per heavy atom. The van der Waals surface area contributed by atoms with Crippen LogP contribution in [0.15, 0.2) is 18.2 Å². The minimum atomic E-state index is -0.0484. The van der Waals surface area contributed by atoms with E-state index in [4.69, 9.17) is 0 Å². The summed E-state index contributed by atoms with van der Waals surface area (Å²) in [4.78, 5) is 29.3. The Kier molecular flexibility index (Phi) is 7.13. The van der Waals surface area contributed by atoms with E-state index >= 15 is 0 Å². The van der Waals surface area contributed by atoms with Crippen molar-refractivity contribution in [2.45, 2.75) is 72.9 Å². The maximum absolute atomic E-state index is 13.0. The number of rotatable bonds is 8. The van der Waals surface area contributed by atoms with Crippen molar-refractivity contribution in [3.63, 3.8) is 0 Å². The van der Waals surface area contributed by atoms with Gasteiger partial charge in [-0.3, -0.25) is 9.59 Å². The van der Waals surface area contributed by atoms with Gasteiger partial charge in [-0.25, -0.2) is 0 Å². The van der Waals surface area contributed by atoms with Gasteiger partial charge in [-0.2, -0.15) is 0 Å². The average Bonchev–Trinajstić information content (AvgIpc) is 3.42. The molecule has 5 nitrogen and oxygen atoms in total. The molecule has 1 aromatic rings. The van der Waals surface area contributed by atoms with Gasteiger partial charge in [-0.1, -0.05) is 27.7 Å². The third kappa shape index (κ3) is 6.25. The maximum Gasteiger partial charge on any atom is 0.227 e. The number of amides is 2. The highest BCUT2D eigenvalue weighted by molar-refractivity contribution is 5.94. The molecule has 28 heavy (non-hydrogen) atoms. The molecule has 0 aliphatic heterocycles. The second kappa shape index (κ2) is 8.97. The Labute approximate surface area is 170 Å². The van der Waals surface area contributed by atoms with Gasteiger partial charge in [0.25, 0.3) is 0 Å². The lowest BCUT2D eigenvalue weighted by molar-refractivity contribution is -0.135. The maximum atomic E-state index is 13.0. The lowest BCUT2D eigenvalue weighted by Gasteiger charge is -2.33. The summed E-state index contributed by atoms with van der Waals surface area (Å²) < 4.78 is 0. The smallest absolute Gasteiger partial charge is 0.227 e. The van der Waals surface area contributed by atoms with Crippen LogP contribution in [0.2, 0.25) is 0 Å². The van der Waals surface area contributed by atoms with Gasteiger partial charge in [0.15, 0.2) is 0 Å². The van der Waals surface area contributed by atoms with Crippen LogP contribution in [0.4, 0.5) is 11.4 Å². The summed E-state index contributed by atoms with van der Waals surface area (Å²) in [6.45, 7) is 11.1. The fourth-order valence-corrected chi connectivity index (χ4v) is 3.26. The first-order valence-electron chi connectivity index (χ1n) is 10.4. The van der Waals surface area contributed by atoms with Gasteiger partial charge in [0.2, 0.25) is 11.8 Å². The molecule has 0 aromatic heterocycles. The van der Waals surface area contributed by atoms with Crippen LogP contribution in [0.1, 0.15) is 65.9 Å². The third-order valence-electron chi connectivity index (χ3n) is 5.24. The second-order valence-electron chi connectivity index (χ2n) is 9.52. The number of carbonyl (C=O) groups excluding carboxylic acids is 2. The molecule has 0 saturated heterocycles. The van der Waals surface area contributed by atoms with E-state index < -0.39 is 0 Å². The van der Waals surface area contributed by atoms with Crippen molar-refractivity contribution in [1.29, 1.82) is 0 Å². The summed E-state index contributed by atoms with van der Waals surface area (Å²) in [5, 5.41) is 3.03. The van der Waals surface area contributed by atoms with Crippen molar-refractivity contribution < 1.29 is 9.59 Å². The third-order valence-corrected chi connectivity index (χ3v) is 5.24. The van der Waals surface area contributed by atoms with E-state index in [-0.39, 0.29) is 29.2 Å². The van der Waals surface area contributed by atoms with Crippen molar-refractivity contribution in [3.05, 3.63) is 23.8 Å². The molecule has 0 unspecified atom stereocenters. The molecule has 2 amide bonds. The topological polar surface area (TPSA) is 52.7 Å². The summed E-state index contributed by atoms with van der Waals surface area (Å²) in [6.07, 6.45) is 3.40. The lowest BCUT2D eigenvalue weighted by Crippen LogP contribution is -2.39. The molecule has 2 rings (SSSR count).